The Balaban J connectivity index is 1.41. The zero-order chi connectivity index (χ0) is 19.7. The molecule has 3 heterocycles. The molecule has 10 heteroatoms. The van der Waals surface area contributed by atoms with Gasteiger partial charge in [0, 0.05) is 34.6 Å². The molecule has 0 saturated carbocycles. The molecule has 0 saturated heterocycles. The van der Waals surface area contributed by atoms with E-state index in [1.807, 2.05) is 0 Å². The molecule has 0 atom stereocenters. The van der Waals surface area contributed by atoms with Crippen LogP contribution in [0.1, 0.15) is 26.8 Å². The van der Waals surface area contributed by atoms with E-state index in [2.05, 4.69) is 20.8 Å². The van der Waals surface area contributed by atoms with E-state index in [1.54, 1.807) is 42.2 Å². The number of urea groups is 1. The standard InChI is InChI=1S/C18H16ClN5O3S/c1-10-7-14(23-27-10)16(25)22-17-21-13-5-6-24(9-15(13)28-17)18(26)20-12-4-2-3-11(19)8-12/h2-4,7-8H,5-6,9H2,1H3,(H,20,26)(H,21,22,25). The minimum Gasteiger partial charge on any atom is -0.361 e. The number of carbonyl (C=O) groups excluding carboxylic acids is 2. The molecule has 1 aliphatic rings. The predicted molar refractivity (Wildman–Crippen MR) is 106 cm³/mol. The summed E-state index contributed by atoms with van der Waals surface area (Å²) < 4.78 is 4.91. The van der Waals surface area contributed by atoms with Gasteiger partial charge in [0.2, 0.25) is 0 Å². The maximum Gasteiger partial charge on any atom is 0.322 e. The van der Waals surface area contributed by atoms with Gasteiger partial charge in [-0.2, -0.15) is 0 Å². The Morgan fingerprint density at radius 2 is 2.14 bits per heavy atom. The van der Waals surface area contributed by atoms with Gasteiger partial charge in [-0.25, -0.2) is 9.78 Å². The summed E-state index contributed by atoms with van der Waals surface area (Å²) >= 11 is 7.31. The number of anilines is 2. The maximum absolute atomic E-state index is 12.5. The van der Waals surface area contributed by atoms with Gasteiger partial charge in [0.15, 0.2) is 10.8 Å². The molecule has 2 N–H and O–H groups in total. The molecule has 0 unspecified atom stereocenters. The number of rotatable bonds is 3. The fraction of sp³-hybridized carbons (Fsp3) is 0.222. The Labute approximate surface area is 169 Å². The highest BCUT2D eigenvalue weighted by Crippen LogP contribution is 2.29. The van der Waals surface area contributed by atoms with Crippen LogP contribution in [0, 0.1) is 6.92 Å². The number of fused-ring (bicyclic) bond motifs is 1. The summed E-state index contributed by atoms with van der Waals surface area (Å²) in [4.78, 5) is 31.8. The topological polar surface area (TPSA) is 100 Å². The average molecular weight is 418 g/mol. The minimum absolute atomic E-state index is 0.202. The molecule has 1 aromatic carbocycles. The Morgan fingerprint density at radius 3 is 2.89 bits per heavy atom. The number of nitrogens with one attached hydrogen (secondary N) is 2. The number of hydrogen-bond donors (Lipinski definition) is 2. The predicted octanol–water partition coefficient (Wildman–Crippen LogP) is 3.94. The molecule has 0 spiro atoms. The normalized spacial score (nSPS) is 13.1. The van der Waals surface area contributed by atoms with Crippen LogP contribution in [0.15, 0.2) is 34.9 Å². The van der Waals surface area contributed by atoms with E-state index in [0.717, 1.165) is 10.6 Å². The van der Waals surface area contributed by atoms with Crippen LogP contribution in [-0.2, 0) is 13.0 Å². The molecule has 0 aliphatic carbocycles. The molecule has 1 aliphatic heterocycles. The third-order valence-corrected chi connectivity index (χ3v) is 5.41. The highest BCUT2D eigenvalue weighted by atomic mass is 35.5. The van der Waals surface area contributed by atoms with Crippen molar-refractivity contribution in [2.24, 2.45) is 0 Å². The molecule has 8 nitrogen and oxygen atoms in total. The zero-order valence-corrected chi connectivity index (χ0v) is 16.4. The van der Waals surface area contributed by atoms with Crippen molar-refractivity contribution < 1.29 is 14.1 Å². The molecule has 28 heavy (non-hydrogen) atoms. The monoisotopic (exact) mass is 417 g/mol. The number of carbonyl (C=O) groups is 2. The molecule has 4 rings (SSSR count). The molecule has 2 aromatic heterocycles. The van der Waals surface area contributed by atoms with Crippen molar-refractivity contribution in [1.82, 2.24) is 15.0 Å². The number of nitrogens with zero attached hydrogens (tertiary/aromatic N) is 3. The van der Waals surface area contributed by atoms with Gasteiger partial charge in [-0.1, -0.05) is 34.2 Å². The van der Waals surface area contributed by atoms with Crippen molar-refractivity contribution in [3.8, 4) is 0 Å². The third-order valence-electron chi connectivity index (χ3n) is 4.18. The first kappa shape index (κ1) is 18.5. The molecular formula is C18H16ClN5O3S. The third kappa shape index (κ3) is 4.00. The van der Waals surface area contributed by atoms with Crippen molar-refractivity contribution in [1.29, 1.82) is 0 Å². The lowest BCUT2D eigenvalue weighted by molar-refractivity contribution is 0.101. The smallest absolute Gasteiger partial charge is 0.322 e. The van der Waals surface area contributed by atoms with Crippen molar-refractivity contribution in [3.63, 3.8) is 0 Å². The highest BCUT2D eigenvalue weighted by molar-refractivity contribution is 7.15. The van der Waals surface area contributed by atoms with E-state index in [1.165, 1.54) is 11.3 Å². The van der Waals surface area contributed by atoms with E-state index in [4.69, 9.17) is 16.1 Å². The summed E-state index contributed by atoms with van der Waals surface area (Å²) in [6, 6.07) is 8.36. The van der Waals surface area contributed by atoms with Crippen LogP contribution in [-0.4, -0.2) is 33.5 Å². The van der Waals surface area contributed by atoms with Crippen LogP contribution in [0.25, 0.3) is 0 Å². The molecule has 144 valence electrons. The first-order valence-corrected chi connectivity index (χ1v) is 9.72. The summed E-state index contributed by atoms with van der Waals surface area (Å²) in [5.74, 6) is 0.184. The number of hydrogen-bond acceptors (Lipinski definition) is 6. The van der Waals surface area contributed by atoms with E-state index in [-0.39, 0.29) is 17.6 Å². The zero-order valence-electron chi connectivity index (χ0n) is 14.9. The van der Waals surface area contributed by atoms with E-state index in [0.29, 0.717) is 41.1 Å². The van der Waals surface area contributed by atoms with Crippen molar-refractivity contribution in [2.75, 3.05) is 17.2 Å². The second-order valence-corrected chi connectivity index (χ2v) is 7.80. The average Bonchev–Trinajstić information content (AvgIpc) is 3.26. The fourth-order valence-corrected chi connectivity index (χ4v) is 4.03. The lowest BCUT2D eigenvalue weighted by Gasteiger charge is -2.26. The van der Waals surface area contributed by atoms with Crippen molar-refractivity contribution in [3.05, 3.63) is 57.4 Å². The van der Waals surface area contributed by atoms with Gasteiger partial charge in [-0.15, -0.1) is 0 Å². The first-order valence-electron chi connectivity index (χ1n) is 8.52. The summed E-state index contributed by atoms with van der Waals surface area (Å²) in [7, 11) is 0. The van der Waals surface area contributed by atoms with Gasteiger partial charge in [0.1, 0.15) is 5.76 Å². The Morgan fingerprint density at radius 1 is 1.29 bits per heavy atom. The number of halogens is 1. The van der Waals surface area contributed by atoms with Gasteiger partial charge < -0.3 is 14.7 Å². The number of aryl methyl sites for hydroxylation is 1. The van der Waals surface area contributed by atoms with Gasteiger partial charge >= 0.3 is 6.03 Å². The SMILES string of the molecule is Cc1cc(C(=O)Nc2nc3c(s2)CN(C(=O)Nc2cccc(Cl)c2)CC3)no1. The fourth-order valence-electron chi connectivity index (χ4n) is 2.83. The lowest BCUT2D eigenvalue weighted by atomic mass is 10.2. The largest absolute Gasteiger partial charge is 0.361 e. The number of amides is 3. The van der Waals surface area contributed by atoms with Crippen LogP contribution in [0.4, 0.5) is 15.6 Å². The van der Waals surface area contributed by atoms with Crippen LogP contribution in [0.2, 0.25) is 5.02 Å². The molecule has 0 bridgehead atoms. The van der Waals surface area contributed by atoms with Gasteiger partial charge in [-0.05, 0) is 25.1 Å². The van der Waals surface area contributed by atoms with Gasteiger partial charge in [0.25, 0.3) is 5.91 Å². The Kier molecular flexibility index (Phi) is 5.01. The van der Waals surface area contributed by atoms with Crippen LogP contribution < -0.4 is 10.6 Å². The number of thiazole rings is 1. The Bertz CT molecular complexity index is 1050. The van der Waals surface area contributed by atoms with E-state index < -0.39 is 0 Å². The van der Waals surface area contributed by atoms with E-state index in [9.17, 15) is 9.59 Å². The van der Waals surface area contributed by atoms with Gasteiger partial charge in [-0.3, -0.25) is 10.1 Å². The van der Waals surface area contributed by atoms with Crippen molar-refractivity contribution in [2.45, 2.75) is 19.9 Å². The van der Waals surface area contributed by atoms with Crippen molar-refractivity contribution >= 4 is 45.7 Å². The summed E-state index contributed by atoms with van der Waals surface area (Å²) in [6.45, 7) is 2.69. The maximum atomic E-state index is 12.5. The number of aromatic nitrogens is 2. The minimum atomic E-state index is -0.376. The lowest BCUT2D eigenvalue weighted by Crippen LogP contribution is -2.38. The second-order valence-electron chi connectivity index (χ2n) is 6.28. The van der Waals surface area contributed by atoms with Gasteiger partial charge in [0.05, 0.1) is 12.2 Å². The molecular weight excluding hydrogens is 402 g/mol. The summed E-state index contributed by atoms with van der Waals surface area (Å²) in [6.07, 6.45) is 0.619. The Hall–Kier alpha value is -2.91. The van der Waals surface area contributed by atoms with Crippen LogP contribution in [0.3, 0.4) is 0 Å². The number of benzene rings is 1. The van der Waals surface area contributed by atoms with Crippen LogP contribution >= 0.6 is 22.9 Å². The summed E-state index contributed by atoms with van der Waals surface area (Å²) in [5.41, 5.74) is 1.74. The molecule has 0 radical (unpaired) electrons. The first-order chi connectivity index (χ1) is 13.5. The van der Waals surface area contributed by atoms with Crippen LogP contribution in [0.5, 0.6) is 0 Å². The summed E-state index contributed by atoms with van der Waals surface area (Å²) in [5, 5.41) is 10.3. The molecule has 0 fully saturated rings. The highest BCUT2D eigenvalue weighted by Gasteiger charge is 2.25. The van der Waals surface area contributed by atoms with E-state index >= 15 is 0 Å². The quantitative estimate of drug-likeness (QED) is 0.672. The molecule has 3 amide bonds. The molecule has 3 aromatic rings. The second kappa shape index (κ2) is 7.61.